The Hall–Kier alpha value is -3.31. The number of halogens is 1. The monoisotopic (exact) mass is 437 g/mol. The molecule has 0 aliphatic rings. The van der Waals surface area contributed by atoms with Crippen LogP contribution in [0.15, 0.2) is 83.8 Å². The fraction of sp³-hybridized carbons (Fsp3) is 0.200. The van der Waals surface area contributed by atoms with E-state index >= 15 is 0 Å². The maximum absolute atomic E-state index is 5.99. The van der Waals surface area contributed by atoms with Crippen LogP contribution in [0, 0.1) is 0 Å². The zero-order valence-corrected chi connectivity index (χ0v) is 18.9. The number of ether oxygens (including phenoxy) is 1. The zero-order valence-electron chi connectivity index (χ0n) is 18.1. The van der Waals surface area contributed by atoms with Gasteiger partial charge in [-0.2, -0.15) is 0 Å². The van der Waals surface area contributed by atoms with E-state index in [9.17, 15) is 0 Å². The maximum atomic E-state index is 5.99. The van der Waals surface area contributed by atoms with Crippen LogP contribution in [-0.2, 0) is 17.8 Å². The first kappa shape index (κ1) is 24.0. The number of aromatic nitrogens is 2. The molecule has 2 heterocycles. The van der Waals surface area contributed by atoms with Crippen molar-refractivity contribution in [3.8, 4) is 11.3 Å². The summed E-state index contributed by atoms with van der Waals surface area (Å²) in [4.78, 5) is 4.04. The first-order valence-electron chi connectivity index (χ1n) is 10.1. The third-order valence-corrected chi connectivity index (χ3v) is 4.37. The minimum Gasteiger partial charge on any atom is -0.494 e. The number of benzene rings is 1. The Kier molecular flexibility index (Phi) is 9.59. The molecule has 0 bridgehead atoms. The number of hydrogen-bond acceptors (Lipinski definition) is 5. The Labute approximate surface area is 188 Å². The molecule has 5 nitrogen and oxygen atoms in total. The number of nitrogen functional groups attached to an aromatic ring is 1. The van der Waals surface area contributed by atoms with Crippen molar-refractivity contribution in [2.75, 3.05) is 5.73 Å². The molecule has 0 saturated carbocycles. The van der Waals surface area contributed by atoms with Gasteiger partial charge in [-0.1, -0.05) is 79.7 Å². The van der Waals surface area contributed by atoms with Gasteiger partial charge in [0.2, 0.25) is 0 Å². The van der Waals surface area contributed by atoms with Crippen molar-refractivity contribution in [2.24, 2.45) is 0 Å². The summed E-state index contributed by atoms with van der Waals surface area (Å²) >= 11 is 5.99. The third-order valence-electron chi connectivity index (χ3n) is 4.16. The minimum atomic E-state index is 0.353. The number of pyridine rings is 1. The first-order valence-corrected chi connectivity index (χ1v) is 10.5. The van der Waals surface area contributed by atoms with Crippen LogP contribution < -0.4 is 5.73 Å². The molecular weight excluding hydrogens is 410 g/mol. The maximum Gasteiger partial charge on any atom is 0.170 e. The van der Waals surface area contributed by atoms with E-state index in [4.69, 9.17) is 26.6 Å². The molecule has 2 aromatic heterocycles. The molecule has 162 valence electrons. The average Bonchev–Trinajstić information content (AvgIpc) is 3.25. The van der Waals surface area contributed by atoms with Crippen molar-refractivity contribution in [1.82, 2.24) is 10.1 Å². The highest BCUT2D eigenvalue weighted by Gasteiger charge is 2.12. The van der Waals surface area contributed by atoms with Crippen molar-refractivity contribution in [2.45, 2.75) is 33.8 Å². The number of rotatable bonds is 8. The van der Waals surface area contributed by atoms with Crippen LogP contribution in [0.3, 0.4) is 0 Å². The number of allylic oxidation sites excluding steroid dienone is 5. The summed E-state index contributed by atoms with van der Waals surface area (Å²) in [5, 5.41) is 4.62. The lowest BCUT2D eigenvalue weighted by Crippen LogP contribution is -1.93. The van der Waals surface area contributed by atoms with E-state index in [0.29, 0.717) is 35.2 Å². The quantitative estimate of drug-likeness (QED) is 0.311. The third kappa shape index (κ3) is 7.46. The van der Waals surface area contributed by atoms with E-state index in [1.54, 1.807) is 12.1 Å². The Morgan fingerprint density at radius 3 is 2.58 bits per heavy atom. The molecule has 1 aromatic carbocycles. The largest absolute Gasteiger partial charge is 0.494 e. The predicted octanol–water partition coefficient (Wildman–Crippen LogP) is 6.75. The Morgan fingerprint density at radius 1 is 1.16 bits per heavy atom. The normalized spacial score (nSPS) is 11.2. The molecule has 2 N–H and O–H groups in total. The molecule has 3 rings (SSSR count). The molecular formula is C25H28ClN3O2. The van der Waals surface area contributed by atoms with Gasteiger partial charge in [0.1, 0.15) is 12.4 Å². The predicted molar refractivity (Wildman–Crippen MR) is 128 cm³/mol. The minimum absolute atomic E-state index is 0.353. The average molecular weight is 438 g/mol. The molecule has 3 aromatic rings. The van der Waals surface area contributed by atoms with Crippen LogP contribution in [0.1, 0.15) is 37.6 Å². The lowest BCUT2D eigenvalue weighted by molar-refractivity contribution is 0.201. The summed E-state index contributed by atoms with van der Waals surface area (Å²) in [6.45, 7) is 10.1. The van der Waals surface area contributed by atoms with E-state index in [1.807, 2.05) is 57.2 Å². The van der Waals surface area contributed by atoms with Gasteiger partial charge in [0, 0.05) is 18.7 Å². The lowest BCUT2D eigenvalue weighted by Gasteiger charge is -2.06. The van der Waals surface area contributed by atoms with Gasteiger partial charge in [-0.25, -0.2) is 4.98 Å². The Morgan fingerprint density at radius 2 is 1.87 bits per heavy atom. The summed E-state index contributed by atoms with van der Waals surface area (Å²) in [6, 6.07) is 11.8. The zero-order chi connectivity index (χ0) is 22.6. The highest BCUT2D eigenvalue weighted by Crippen LogP contribution is 2.28. The number of hydrogen-bond donors (Lipinski definition) is 1. The summed E-state index contributed by atoms with van der Waals surface area (Å²) in [7, 11) is 0. The van der Waals surface area contributed by atoms with Crippen LogP contribution in [0.5, 0.6) is 0 Å². The van der Waals surface area contributed by atoms with E-state index in [-0.39, 0.29) is 0 Å². The fourth-order valence-corrected chi connectivity index (χ4v) is 2.80. The van der Waals surface area contributed by atoms with Crippen molar-refractivity contribution in [3.05, 3.63) is 101 Å². The highest BCUT2D eigenvalue weighted by molar-refractivity contribution is 6.30. The molecule has 0 fully saturated rings. The van der Waals surface area contributed by atoms with Crippen molar-refractivity contribution in [1.29, 1.82) is 0 Å². The SMILES string of the molecule is C=C/C=C\C=C(/C)OCc1ccc(Cc2cc(-c3cc(Cl)cnc3N)on2)cc1.CC. The van der Waals surface area contributed by atoms with Gasteiger partial charge in [-0.05, 0) is 30.2 Å². The molecule has 0 saturated heterocycles. The lowest BCUT2D eigenvalue weighted by atomic mass is 10.1. The molecule has 0 unspecified atom stereocenters. The summed E-state index contributed by atoms with van der Waals surface area (Å²) in [5.41, 5.74) is 9.55. The van der Waals surface area contributed by atoms with Gasteiger partial charge in [0.05, 0.1) is 22.0 Å². The van der Waals surface area contributed by atoms with Crippen LogP contribution in [0.4, 0.5) is 5.82 Å². The van der Waals surface area contributed by atoms with Crippen molar-refractivity contribution >= 4 is 17.4 Å². The van der Waals surface area contributed by atoms with Crippen LogP contribution in [0.25, 0.3) is 11.3 Å². The molecule has 0 radical (unpaired) electrons. The Balaban J connectivity index is 0.00000166. The van der Waals surface area contributed by atoms with Gasteiger partial charge in [0.15, 0.2) is 5.76 Å². The van der Waals surface area contributed by atoms with Crippen molar-refractivity contribution in [3.63, 3.8) is 0 Å². The molecule has 0 atom stereocenters. The van der Waals surface area contributed by atoms with Crippen LogP contribution in [-0.4, -0.2) is 10.1 Å². The molecule has 0 aliphatic heterocycles. The highest BCUT2D eigenvalue weighted by atomic mass is 35.5. The molecule has 6 heteroatoms. The summed E-state index contributed by atoms with van der Waals surface area (Å²) in [5.74, 6) is 1.74. The van der Waals surface area contributed by atoms with Gasteiger partial charge in [-0.3, -0.25) is 0 Å². The van der Waals surface area contributed by atoms with Crippen LogP contribution in [0.2, 0.25) is 5.02 Å². The fourth-order valence-electron chi connectivity index (χ4n) is 2.65. The Bertz CT molecular complexity index is 1040. The topological polar surface area (TPSA) is 74.2 Å². The number of anilines is 1. The number of nitrogens with zero attached hydrogens (tertiary/aromatic N) is 2. The second-order valence-electron chi connectivity index (χ2n) is 6.45. The van der Waals surface area contributed by atoms with Gasteiger partial charge in [-0.15, -0.1) is 0 Å². The first-order chi connectivity index (χ1) is 15.0. The molecule has 0 spiro atoms. The van der Waals surface area contributed by atoms with Gasteiger partial charge >= 0.3 is 0 Å². The molecule has 0 amide bonds. The number of nitrogens with two attached hydrogens (primary N) is 1. The molecule has 0 aliphatic carbocycles. The summed E-state index contributed by atoms with van der Waals surface area (Å²) < 4.78 is 11.1. The van der Waals surface area contributed by atoms with E-state index in [0.717, 1.165) is 22.6 Å². The van der Waals surface area contributed by atoms with E-state index in [2.05, 4.69) is 28.9 Å². The van der Waals surface area contributed by atoms with Crippen molar-refractivity contribution < 1.29 is 9.26 Å². The van der Waals surface area contributed by atoms with Gasteiger partial charge < -0.3 is 15.0 Å². The standard InChI is InChI=1S/C23H22ClN3O2.C2H6/c1-3-4-5-6-16(2)28-15-18-9-7-17(8-10-18)11-20-13-22(29-27-20)21-12-19(24)14-26-23(21)25;1-2/h3-10,12-14H,1,11,15H2,2H3,(H2,25,26);1-2H3/b5-4-,16-6+;. The second-order valence-corrected chi connectivity index (χ2v) is 6.89. The molecule has 31 heavy (non-hydrogen) atoms. The van der Waals surface area contributed by atoms with E-state index < -0.39 is 0 Å². The van der Waals surface area contributed by atoms with Crippen LogP contribution >= 0.6 is 11.6 Å². The summed E-state index contributed by atoms with van der Waals surface area (Å²) in [6.07, 6.45) is 9.52. The van der Waals surface area contributed by atoms with Gasteiger partial charge in [0.25, 0.3) is 0 Å². The smallest absolute Gasteiger partial charge is 0.170 e. The second kappa shape index (κ2) is 12.4. The van der Waals surface area contributed by atoms with E-state index in [1.165, 1.54) is 6.20 Å².